The quantitative estimate of drug-likeness (QED) is 0.334. The van der Waals surface area contributed by atoms with Crippen molar-refractivity contribution < 1.29 is 10.2 Å². The van der Waals surface area contributed by atoms with Crippen molar-refractivity contribution in [3.05, 3.63) is 42.6 Å². The van der Waals surface area contributed by atoms with Crippen LogP contribution in [0.15, 0.2) is 42.6 Å². The number of nitrogens with one attached hydrogen (secondary N) is 1. The van der Waals surface area contributed by atoms with Gasteiger partial charge < -0.3 is 21.3 Å². The summed E-state index contributed by atoms with van der Waals surface area (Å²) in [6.07, 6.45) is 1.70. The minimum Gasteiger partial charge on any atom is -0.504 e. The van der Waals surface area contributed by atoms with Gasteiger partial charge in [-0.15, -0.1) is 0 Å². The van der Waals surface area contributed by atoms with Crippen molar-refractivity contribution in [2.24, 2.45) is 0 Å². The Morgan fingerprint density at radius 1 is 1.12 bits per heavy atom. The van der Waals surface area contributed by atoms with Crippen LogP contribution < -0.4 is 11.1 Å². The highest BCUT2D eigenvalue weighted by atomic mass is 16.3. The van der Waals surface area contributed by atoms with Gasteiger partial charge in [-0.3, -0.25) is 4.40 Å². The van der Waals surface area contributed by atoms with Crippen LogP contribution in [0.3, 0.4) is 0 Å². The van der Waals surface area contributed by atoms with Crippen LogP contribution in [0.1, 0.15) is 0 Å². The van der Waals surface area contributed by atoms with Gasteiger partial charge in [0.2, 0.25) is 0 Å². The lowest BCUT2D eigenvalue weighted by molar-refractivity contribution is 0.404. The molecule has 24 heavy (non-hydrogen) atoms. The van der Waals surface area contributed by atoms with Crippen molar-refractivity contribution >= 4 is 28.2 Å². The molecule has 0 spiro atoms. The van der Waals surface area contributed by atoms with E-state index in [9.17, 15) is 10.2 Å². The number of nitrogens with two attached hydrogens (primary N) is 1. The molecule has 4 rings (SSSR count). The third-order valence-corrected chi connectivity index (χ3v) is 3.99. The second kappa shape index (κ2) is 5.02. The maximum atomic E-state index is 9.80. The Hall–Kier alpha value is -3.48. The van der Waals surface area contributed by atoms with E-state index in [1.54, 1.807) is 25.4 Å². The van der Waals surface area contributed by atoms with Crippen molar-refractivity contribution in [1.82, 2.24) is 14.4 Å². The van der Waals surface area contributed by atoms with Gasteiger partial charge in [0.05, 0.1) is 23.1 Å². The van der Waals surface area contributed by atoms with Crippen molar-refractivity contribution in [2.45, 2.75) is 0 Å². The summed E-state index contributed by atoms with van der Waals surface area (Å²) in [5.74, 6) is 0.253. The van der Waals surface area contributed by atoms with E-state index in [1.165, 1.54) is 12.1 Å². The number of nitrogen functional groups attached to an aromatic ring is 1. The number of anilines is 2. The van der Waals surface area contributed by atoms with Crippen LogP contribution in [0, 0.1) is 0 Å². The van der Waals surface area contributed by atoms with E-state index in [-0.39, 0.29) is 11.5 Å². The van der Waals surface area contributed by atoms with Crippen LogP contribution in [-0.4, -0.2) is 31.6 Å². The number of para-hydroxylation sites is 1. The molecule has 0 saturated carbocycles. The Morgan fingerprint density at radius 3 is 2.71 bits per heavy atom. The summed E-state index contributed by atoms with van der Waals surface area (Å²) in [6, 6.07) is 10.2. The lowest BCUT2D eigenvalue weighted by Gasteiger charge is -2.11. The van der Waals surface area contributed by atoms with Crippen LogP contribution in [0.4, 0.5) is 11.5 Å². The fourth-order valence-electron chi connectivity index (χ4n) is 2.83. The second-order valence-corrected chi connectivity index (χ2v) is 5.43. The number of hydrogen-bond donors (Lipinski definition) is 4. The van der Waals surface area contributed by atoms with Crippen LogP contribution in [-0.2, 0) is 0 Å². The third kappa shape index (κ3) is 1.91. The molecule has 0 unspecified atom stereocenters. The first-order chi connectivity index (χ1) is 11.6. The number of rotatable bonds is 2. The molecule has 120 valence electrons. The molecule has 0 aliphatic rings. The second-order valence-electron chi connectivity index (χ2n) is 5.43. The predicted octanol–water partition coefficient (Wildman–Crippen LogP) is 2.58. The summed E-state index contributed by atoms with van der Waals surface area (Å²) in [6.45, 7) is 0. The Balaban J connectivity index is 2.14. The van der Waals surface area contributed by atoms with E-state index in [1.807, 2.05) is 16.5 Å². The summed E-state index contributed by atoms with van der Waals surface area (Å²) < 4.78 is 1.93. The first-order valence-electron chi connectivity index (χ1n) is 7.36. The highest BCUT2D eigenvalue weighted by molar-refractivity contribution is 5.93. The highest BCUT2D eigenvalue weighted by Crippen LogP contribution is 2.34. The van der Waals surface area contributed by atoms with Gasteiger partial charge >= 0.3 is 0 Å². The molecular weight excluding hydrogens is 306 g/mol. The van der Waals surface area contributed by atoms with Crippen molar-refractivity contribution in [3.63, 3.8) is 0 Å². The summed E-state index contributed by atoms with van der Waals surface area (Å²) in [7, 11) is 1.77. The van der Waals surface area contributed by atoms with Gasteiger partial charge in [-0.1, -0.05) is 6.07 Å². The molecule has 0 saturated heterocycles. The number of phenolic OH excluding ortho intramolecular Hbond substituents is 2. The molecule has 0 aliphatic carbocycles. The van der Waals surface area contributed by atoms with Crippen molar-refractivity contribution in [3.8, 4) is 22.8 Å². The Morgan fingerprint density at radius 2 is 1.96 bits per heavy atom. The van der Waals surface area contributed by atoms with Gasteiger partial charge in [-0.2, -0.15) is 0 Å². The number of aromatic hydroxyl groups is 2. The van der Waals surface area contributed by atoms with E-state index in [2.05, 4.69) is 15.3 Å². The molecule has 0 atom stereocenters. The third-order valence-electron chi connectivity index (χ3n) is 3.99. The van der Waals surface area contributed by atoms with Crippen LogP contribution in [0.25, 0.3) is 27.9 Å². The van der Waals surface area contributed by atoms with E-state index in [0.717, 1.165) is 16.8 Å². The Kier molecular flexibility index (Phi) is 2.96. The van der Waals surface area contributed by atoms with Crippen molar-refractivity contribution in [2.75, 3.05) is 18.1 Å². The van der Waals surface area contributed by atoms with Gasteiger partial charge in [0.15, 0.2) is 23.0 Å². The lowest BCUT2D eigenvalue weighted by atomic mass is 10.1. The standard InChI is InChI=1S/C17H15N5O2/c1-19-16-17-20-8-12(9-5-6-13(23)14(24)7-9)22(17)11-4-2-3-10(18)15(11)21-16/h2-8,23-24H,18H2,1H3,(H,19,21). The number of phenols is 2. The molecule has 2 aromatic carbocycles. The van der Waals surface area contributed by atoms with Crippen LogP contribution >= 0.6 is 0 Å². The first-order valence-corrected chi connectivity index (χ1v) is 7.36. The predicted molar refractivity (Wildman–Crippen MR) is 93.2 cm³/mol. The number of hydrogen-bond acceptors (Lipinski definition) is 6. The summed E-state index contributed by atoms with van der Waals surface area (Å²) in [5.41, 5.74) is 10.2. The topological polar surface area (TPSA) is 109 Å². The van der Waals surface area contributed by atoms with E-state index < -0.39 is 0 Å². The minimum absolute atomic E-state index is 0.167. The monoisotopic (exact) mass is 321 g/mol. The average molecular weight is 321 g/mol. The molecule has 2 aromatic heterocycles. The average Bonchev–Trinajstić information content (AvgIpc) is 3.02. The number of imidazole rings is 1. The van der Waals surface area contributed by atoms with E-state index in [4.69, 9.17) is 5.73 Å². The van der Waals surface area contributed by atoms with Crippen molar-refractivity contribution in [1.29, 1.82) is 0 Å². The van der Waals surface area contributed by atoms with Gasteiger partial charge in [0, 0.05) is 12.6 Å². The number of fused-ring (bicyclic) bond motifs is 3. The molecule has 0 radical (unpaired) electrons. The number of aromatic nitrogens is 3. The maximum Gasteiger partial charge on any atom is 0.181 e. The fraction of sp³-hybridized carbons (Fsp3) is 0.0588. The summed E-state index contributed by atoms with van der Waals surface area (Å²) in [5, 5.41) is 22.4. The van der Waals surface area contributed by atoms with Gasteiger partial charge in [0.25, 0.3) is 0 Å². The van der Waals surface area contributed by atoms with Crippen LogP contribution in [0.5, 0.6) is 11.5 Å². The molecular formula is C17H15N5O2. The minimum atomic E-state index is -0.186. The zero-order valence-corrected chi connectivity index (χ0v) is 12.9. The maximum absolute atomic E-state index is 9.80. The first kappa shape index (κ1) is 14.1. The summed E-state index contributed by atoms with van der Waals surface area (Å²) in [4.78, 5) is 9.00. The zero-order valence-electron chi connectivity index (χ0n) is 12.9. The molecule has 0 aliphatic heterocycles. The van der Waals surface area contributed by atoms with E-state index in [0.29, 0.717) is 22.7 Å². The van der Waals surface area contributed by atoms with E-state index >= 15 is 0 Å². The zero-order chi connectivity index (χ0) is 16.8. The largest absolute Gasteiger partial charge is 0.504 e. The molecule has 0 fully saturated rings. The lowest BCUT2D eigenvalue weighted by Crippen LogP contribution is -2.02. The fourth-order valence-corrected chi connectivity index (χ4v) is 2.83. The Bertz CT molecular complexity index is 1090. The van der Waals surface area contributed by atoms with Gasteiger partial charge in [0.1, 0.15) is 5.52 Å². The van der Waals surface area contributed by atoms with Gasteiger partial charge in [-0.25, -0.2) is 9.97 Å². The number of nitrogens with zero attached hydrogens (tertiary/aromatic N) is 3. The highest BCUT2D eigenvalue weighted by Gasteiger charge is 2.16. The molecule has 4 aromatic rings. The molecule has 7 nitrogen and oxygen atoms in total. The molecule has 2 heterocycles. The molecule has 0 amide bonds. The molecule has 5 N–H and O–H groups in total. The molecule has 7 heteroatoms. The Labute approximate surface area is 137 Å². The van der Waals surface area contributed by atoms with Gasteiger partial charge in [-0.05, 0) is 30.3 Å². The van der Waals surface area contributed by atoms with Crippen LogP contribution in [0.2, 0.25) is 0 Å². The molecule has 0 bridgehead atoms. The smallest absolute Gasteiger partial charge is 0.181 e. The summed E-state index contributed by atoms with van der Waals surface area (Å²) >= 11 is 0. The SMILES string of the molecule is CNc1nc2c(N)cccc2n2c(-c3ccc(O)c(O)c3)cnc12. The number of benzene rings is 2. The normalized spacial score (nSPS) is 11.2.